The van der Waals surface area contributed by atoms with E-state index in [1.54, 1.807) is 25.1 Å². The third-order valence-corrected chi connectivity index (χ3v) is 6.06. The van der Waals surface area contributed by atoms with Gasteiger partial charge in [-0.25, -0.2) is 4.39 Å². The Morgan fingerprint density at radius 1 is 1.03 bits per heavy atom. The fourth-order valence-corrected chi connectivity index (χ4v) is 4.26. The lowest BCUT2D eigenvalue weighted by atomic mass is 9.93. The Bertz CT molecular complexity index is 932. The number of primary amides is 1. The highest BCUT2D eigenvalue weighted by Gasteiger charge is 2.38. The van der Waals surface area contributed by atoms with Crippen LogP contribution < -0.4 is 5.73 Å². The molecule has 2 saturated carbocycles. The summed E-state index contributed by atoms with van der Waals surface area (Å²) in [6.07, 6.45) is 9.00. The Morgan fingerprint density at radius 2 is 1.72 bits per heavy atom. The second-order valence-electron chi connectivity index (χ2n) is 8.16. The van der Waals surface area contributed by atoms with Gasteiger partial charge >= 0.3 is 0 Å². The van der Waals surface area contributed by atoms with Gasteiger partial charge in [-0.1, -0.05) is 19.3 Å². The predicted octanol–water partition coefficient (Wildman–Crippen LogP) is 4.23. The van der Waals surface area contributed by atoms with Crippen LogP contribution in [0.25, 0.3) is 11.3 Å². The first kappa shape index (κ1) is 19.6. The zero-order valence-electron chi connectivity index (χ0n) is 16.7. The van der Waals surface area contributed by atoms with E-state index in [2.05, 4.69) is 4.98 Å². The predicted molar refractivity (Wildman–Crippen MR) is 109 cm³/mol. The van der Waals surface area contributed by atoms with Gasteiger partial charge in [-0.15, -0.1) is 0 Å². The zero-order chi connectivity index (χ0) is 20.5. The molecule has 2 N–H and O–H groups in total. The van der Waals surface area contributed by atoms with Crippen molar-refractivity contribution in [2.24, 2.45) is 5.73 Å². The Morgan fingerprint density at radius 3 is 2.31 bits per heavy atom. The molecule has 2 aliphatic rings. The summed E-state index contributed by atoms with van der Waals surface area (Å²) in [6.45, 7) is 1.67. The number of halogens is 1. The van der Waals surface area contributed by atoms with Crippen molar-refractivity contribution in [3.8, 4) is 11.3 Å². The molecule has 2 amide bonds. The summed E-state index contributed by atoms with van der Waals surface area (Å²) in [7, 11) is 0. The number of rotatable bonds is 5. The van der Waals surface area contributed by atoms with Crippen molar-refractivity contribution in [2.45, 2.75) is 64.0 Å². The molecule has 0 aliphatic heterocycles. The summed E-state index contributed by atoms with van der Waals surface area (Å²) in [6, 6.07) is 6.81. The molecule has 0 spiro atoms. The van der Waals surface area contributed by atoms with Crippen molar-refractivity contribution >= 4 is 11.8 Å². The molecular weight excluding hydrogens is 369 g/mol. The summed E-state index contributed by atoms with van der Waals surface area (Å²) in [5.41, 5.74) is 7.42. The summed E-state index contributed by atoms with van der Waals surface area (Å²) in [5.74, 6) is -1.08. The highest BCUT2D eigenvalue weighted by atomic mass is 19.1. The van der Waals surface area contributed by atoms with Gasteiger partial charge in [-0.3, -0.25) is 14.6 Å². The van der Waals surface area contributed by atoms with E-state index >= 15 is 0 Å². The van der Waals surface area contributed by atoms with Crippen LogP contribution in [0.4, 0.5) is 4.39 Å². The minimum absolute atomic E-state index is 0.0895. The maximum atomic E-state index is 14.7. The molecule has 29 heavy (non-hydrogen) atoms. The molecule has 0 bridgehead atoms. The van der Waals surface area contributed by atoms with Crippen LogP contribution in [-0.4, -0.2) is 33.8 Å². The van der Waals surface area contributed by atoms with Gasteiger partial charge in [0.2, 0.25) is 5.91 Å². The van der Waals surface area contributed by atoms with Gasteiger partial charge in [0.25, 0.3) is 5.91 Å². The third kappa shape index (κ3) is 4.02. The maximum Gasteiger partial charge on any atom is 0.254 e. The van der Waals surface area contributed by atoms with Gasteiger partial charge in [0, 0.05) is 29.4 Å². The Labute approximate surface area is 170 Å². The van der Waals surface area contributed by atoms with Crippen LogP contribution in [0.2, 0.25) is 0 Å². The molecule has 0 saturated heterocycles. The molecule has 0 unspecified atom stereocenters. The van der Waals surface area contributed by atoms with E-state index in [1.165, 1.54) is 18.7 Å². The Kier molecular flexibility index (Phi) is 5.35. The molecule has 2 aliphatic carbocycles. The molecule has 1 aromatic heterocycles. The molecule has 2 fully saturated rings. The van der Waals surface area contributed by atoms with Gasteiger partial charge in [0.15, 0.2) is 0 Å². The monoisotopic (exact) mass is 395 g/mol. The summed E-state index contributed by atoms with van der Waals surface area (Å²) in [4.78, 5) is 30.9. The largest absolute Gasteiger partial charge is 0.366 e. The van der Waals surface area contributed by atoms with Crippen LogP contribution in [0.1, 0.15) is 71.2 Å². The van der Waals surface area contributed by atoms with Crippen LogP contribution in [0.3, 0.4) is 0 Å². The minimum atomic E-state index is -0.566. The van der Waals surface area contributed by atoms with E-state index in [0.29, 0.717) is 22.4 Å². The van der Waals surface area contributed by atoms with E-state index in [1.807, 2.05) is 4.90 Å². The quantitative estimate of drug-likeness (QED) is 0.823. The number of carbonyl (C=O) groups excluding carboxylic acids is 2. The van der Waals surface area contributed by atoms with Gasteiger partial charge in [0.1, 0.15) is 5.82 Å². The number of benzene rings is 1. The number of carbonyl (C=O) groups is 2. The SMILES string of the molecule is Cc1c(F)cc(C(=O)N(C2CCCCC2)C2CC2)cc1-c1ccc(C(N)=O)cn1. The first-order chi connectivity index (χ1) is 14.0. The van der Waals surface area contributed by atoms with Crippen LogP contribution in [0.15, 0.2) is 30.5 Å². The van der Waals surface area contributed by atoms with Crippen LogP contribution in [-0.2, 0) is 0 Å². The first-order valence-corrected chi connectivity index (χ1v) is 10.3. The number of hydrogen-bond donors (Lipinski definition) is 1. The Balaban J connectivity index is 1.68. The molecule has 4 rings (SSSR count). The second-order valence-corrected chi connectivity index (χ2v) is 8.16. The van der Waals surface area contributed by atoms with E-state index in [4.69, 9.17) is 5.73 Å². The number of nitrogens with two attached hydrogens (primary N) is 1. The van der Waals surface area contributed by atoms with Crippen molar-refractivity contribution in [1.82, 2.24) is 9.88 Å². The van der Waals surface area contributed by atoms with E-state index in [0.717, 1.165) is 38.5 Å². The van der Waals surface area contributed by atoms with Crippen molar-refractivity contribution in [3.63, 3.8) is 0 Å². The van der Waals surface area contributed by atoms with Crippen molar-refractivity contribution < 1.29 is 14.0 Å². The normalized spacial score (nSPS) is 17.2. The third-order valence-electron chi connectivity index (χ3n) is 6.06. The zero-order valence-corrected chi connectivity index (χ0v) is 16.7. The number of hydrogen-bond acceptors (Lipinski definition) is 3. The fourth-order valence-electron chi connectivity index (χ4n) is 4.26. The molecule has 152 valence electrons. The molecule has 0 atom stereocenters. The molecule has 2 aromatic rings. The Hall–Kier alpha value is -2.76. The lowest BCUT2D eigenvalue weighted by molar-refractivity contribution is 0.0613. The van der Waals surface area contributed by atoms with E-state index < -0.39 is 11.7 Å². The second kappa shape index (κ2) is 7.93. The van der Waals surface area contributed by atoms with Crippen molar-refractivity contribution in [3.05, 3.63) is 53.0 Å². The molecule has 5 nitrogen and oxygen atoms in total. The number of pyridine rings is 1. The highest BCUT2D eigenvalue weighted by molar-refractivity contribution is 5.96. The minimum Gasteiger partial charge on any atom is -0.366 e. The van der Waals surface area contributed by atoms with Crippen molar-refractivity contribution in [2.75, 3.05) is 0 Å². The molecule has 0 radical (unpaired) electrons. The molecule has 6 heteroatoms. The fraction of sp³-hybridized carbons (Fsp3) is 0.435. The van der Waals surface area contributed by atoms with Crippen LogP contribution in [0.5, 0.6) is 0 Å². The van der Waals surface area contributed by atoms with Gasteiger partial charge < -0.3 is 10.6 Å². The number of amides is 2. The highest BCUT2D eigenvalue weighted by Crippen LogP contribution is 2.36. The molecular formula is C23H26FN3O2. The summed E-state index contributed by atoms with van der Waals surface area (Å²) >= 11 is 0. The smallest absolute Gasteiger partial charge is 0.254 e. The molecule has 1 aromatic carbocycles. The van der Waals surface area contributed by atoms with Crippen molar-refractivity contribution in [1.29, 1.82) is 0 Å². The van der Waals surface area contributed by atoms with E-state index in [9.17, 15) is 14.0 Å². The van der Waals surface area contributed by atoms with Gasteiger partial charge in [0.05, 0.1) is 11.3 Å². The van der Waals surface area contributed by atoms with Gasteiger partial charge in [-0.2, -0.15) is 0 Å². The lowest BCUT2D eigenvalue weighted by Crippen LogP contribution is -2.43. The molecule has 1 heterocycles. The number of aromatic nitrogens is 1. The van der Waals surface area contributed by atoms with E-state index in [-0.39, 0.29) is 23.6 Å². The average Bonchev–Trinajstić information content (AvgIpc) is 3.56. The average molecular weight is 395 g/mol. The first-order valence-electron chi connectivity index (χ1n) is 10.3. The van der Waals surface area contributed by atoms with Crippen LogP contribution >= 0.6 is 0 Å². The topological polar surface area (TPSA) is 76.3 Å². The maximum absolute atomic E-state index is 14.7. The van der Waals surface area contributed by atoms with Gasteiger partial charge in [-0.05, 0) is 62.4 Å². The number of nitrogens with zero attached hydrogens (tertiary/aromatic N) is 2. The van der Waals surface area contributed by atoms with Crippen LogP contribution in [0, 0.1) is 12.7 Å². The standard InChI is InChI=1S/C23H26FN3O2/c1-14-19(21-10-7-15(13-26-21)22(25)28)11-16(12-20(14)24)23(29)27(18-8-9-18)17-5-3-2-4-6-17/h7,10-13,17-18H,2-6,8-9H2,1H3,(H2,25,28). The summed E-state index contributed by atoms with van der Waals surface area (Å²) < 4.78 is 14.7. The summed E-state index contributed by atoms with van der Waals surface area (Å²) in [5, 5.41) is 0. The lowest BCUT2D eigenvalue weighted by Gasteiger charge is -2.35.